The first-order chi connectivity index (χ1) is 7.13. The molecule has 78 valence electrons. The second kappa shape index (κ2) is 5.30. The SMILES string of the molecule is C=C(/C=C\C(C)=C/C)c1ccc(C)nc1. The standard InChI is InChI=1S/C14H17N/c1-5-11(2)6-7-12(3)14-9-8-13(4)15-10-14/h5-10H,3H2,1-2,4H3/b7-6-,11-5-. The number of pyridine rings is 1. The molecule has 1 heteroatoms. The molecule has 1 aromatic rings. The second-order valence-corrected chi connectivity index (χ2v) is 3.58. The van der Waals surface area contributed by atoms with Crippen molar-refractivity contribution in [3.8, 4) is 0 Å². The Balaban J connectivity index is 2.78. The molecule has 0 N–H and O–H groups in total. The van der Waals surface area contributed by atoms with Crippen LogP contribution in [0.15, 0.2) is 48.7 Å². The molecule has 15 heavy (non-hydrogen) atoms. The van der Waals surface area contributed by atoms with E-state index in [4.69, 9.17) is 0 Å². The highest BCUT2D eigenvalue weighted by atomic mass is 14.7. The van der Waals surface area contributed by atoms with Gasteiger partial charge in [0.1, 0.15) is 0 Å². The van der Waals surface area contributed by atoms with E-state index in [1.165, 1.54) is 5.57 Å². The summed E-state index contributed by atoms with van der Waals surface area (Å²) in [6.07, 6.45) is 7.99. The lowest BCUT2D eigenvalue weighted by Gasteiger charge is -2.00. The number of aromatic nitrogens is 1. The summed E-state index contributed by atoms with van der Waals surface area (Å²) in [6, 6.07) is 4.04. The minimum atomic E-state index is 0.990. The van der Waals surface area contributed by atoms with Crippen LogP contribution in [0, 0.1) is 6.92 Å². The number of hydrogen-bond donors (Lipinski definition) is 0. The van der Waals surface area contributed by atoms with Crippen molar-refractivity contribution in [2.45, 2.75) is 20.8 Å². The van der Waals surface area contributed by atoms with E-state index >= 15 is 0 Å². The van der Waals surface area contributed by atoms with E-state index in [1.807, 2.05) is 38.3 Å². The average molecular weight is 199 g/mol. The van der Waals surface area contributed by atoms with Crippen molar-refractivity contribution in [1.82, 2.24) is 4.98 Å². The van der Waals surface area contributed by atoms with Crippen LogP contribution in [0.4, 0.5) is 0 Å². The van der Waals surface area contributed by atoms with Gasteiger partial charge in [-0.25, -0.2) is 0 Å². The Morgan fingerprint density at radius 1 is 1.33 bits per heavy atom. The number of hydrogen-bond acceptors (Lipinski definition) is 1. The molecule has 1 heterocycles. The van der Waals surface area contributed by atoms with Crippen LogP contribution < -0.4 is 0 Å². The van der Waals surface area contributed by atoms with Crippen LogP contribution >= 0.6 is 0 Å². The first-order valence-electron chi connectivity index (χ1n) is 5.06. The van der Waals surface area contributed by atoms with E-state index in [0.29, 0.717) is 0 Å². The third-order valence-electron chi connectivity index (χ3n) is 2.28. The maximum atomic E-state index is 4.24. The minimum Gasteiger partial charge on any atom is -0.261 e. The Morgan fingerprint density at radius 3 is 2.60 bits per heavy atom. The first kappa shape index (κ1) is 11.4. The summed E-state index contributed by atoms with van der Waals surface area (Å²) in [5.74, 6) is 0. The van der Waals surface area contributed by atoms with Gasteiger partial charge in [0.25, 0.3) is 0 Å². The van der Waals surface area contributed by atoms with Gasteiger partial charge in [-0.1, -0.05) is 36.4 Å². The zero-order chi connectivity index (χ0) is 11.3. The summed E-state index contributed by atoms with van der Waals surface area (Å²) in [5, 5.41) is 0. The van der Waals surface area contributed by atoms with Crippen LogP contribution in [0.25, 0.3) is 5.57 Å². The molecule has 0 unspecified atom stereocenters. The molecule has 0 aromatic carbocycles. The molecule has 0 amide bonds. The Hall–Kier alpha value is -1.63. The zero-order valence-corrected chi connectivity index (χ0v) is 9.62. The number of allylic oxidation sites excluding steroid dienone is 5. The molecule has 1 nitrogen and oxygen atoms in total. The quantitative estimate of drug-likeness (QED) is 0.672. The predicted molar refractivity (Wildman–Crippen MR) is 66.6 cm³/mol. The van der Waals surface area contributed by atoms with Gasteiger partial charge in [-0.3, -0.25) is 4.98 Å². The van der Waals surface area contributed by atoms with Crippen molar-refractivity contribution in [3.63, 3.8) is 0 Å². The Bertz CT molecular complexity index is 394. The van der Waals surface area contributed by atoms with Gasteiger partial charge in [-0.05, 0) is 38.0 Å². The highest BCUT2D eigenvalue weighted by molar-refractivity contribution is 5.71. The van der Waals surface area contributed by atoms with Gasteiger partial charge in [0.15, 0.2) is 0 Å². The van der Waals surface area contributed by atoms with E-state index in [0.717, 1.165) is 16.8 Å². The fraction of sp³-hybridized carbons (Fsp3) is 0.214. The van der Waals surface area contributed by atoms with Crippen molar-refractivity contribution in [1.29, 1.82) is 0 Å². The monoisotopic (exact) mass is 199 g/mol. The molecule has 0 saturated heterocycles. The van der Waals surface area contributed by atoms with E-state index < -0.39 is 0 Å². The molecule has 0 radical (unpaired) electrons. The summed E-state index contributed by atoms with van der Waals surface area (Å²) < 4.78 is 0. The molecule has 0 spiro atoms. The van der Waals surface area contributed by atoms with Gasteiger partial charge >= 0.3 is 0 Å². The Labute approximate surface area is 91.9 Å². The molecular formula is C14H17N. The van der Waals surface area contributed by atoms with Crippen molar-refractivity contribution in [2.75, 3.05) is 0 Å². The maximum absolute atomic E-state index is 4.24. The van der Waals surface area contributed by atoms with Gasteiger partial charge in [0, 0.05) is 11.9 Å². The largest absolute Gasteiger partial charge is 0.261 e. The number of rotatable bonds is 3. The van der Waals surface area contributed by atoms with E-state index in [9.17, 15) is 0 Å². The first-order valence-corrected chi connectivity index (χ1v) is 5.06. The highest BCUT2D eigenvalue weighted by Crippen LogP contribution is 2.13. The fourth-order valence-corrected chi connectivity index (χ4v) is 1.08. The normalized spacial score (nSPS) is 12.1. The van der Waals surface area contributed by atoms with Crippen LogP contribution in [0.1, 0.15) is 25.1 Å². The third kappa shape index (κ3) is 3.55. The molecule has 0 saturated carbocycles. The summed E-state index contributed by atoms with van der Waals surface area (Å²) in [6.45, 7) is 10.1. The number of nitrogens with zero attached hydrogens (tertiary/aromatic N) is 1. The van der Waals surface area contributed by atoms with E-state index in [-0.39, 0.29) is 0 Å². The van der Waals surface area contributed by atoms with E-state index in [1.54, 1.807) is 0 Å². The topological polar surface area (TPSA) is 12.9 Å². The molecule has 0 atom stereocenters. The van der Waals surface area contributed by atoms with Crippen LogP contribution in [0.3, 0.4) is 0 Å². The molecule has 1 rings (SSSR count). The molecule has 0 aliphatic rings. The number of aryl methyl sites for hydroxylation is 1. The van der Waals surface area contributed by atoms with Crippen LogP contribution in [0.2, 0.25) is 0 Å². The maximum Gasteiger partial charge on any atom is 0.0373 e. The fourth-order valence-electron chi connectivity index (χ4n) is 1.08. The average Bonchev–Trinajstić information content (AvgIpc) is 2.26. The minimum absolute atomic E-state index is 0.990. The van der Waals surface area contributed by atoms with Gasteiger partial charge in [0.2, 0.25) is 0 Å². The molecule has 0 aliphatic heterocycles. The summed E-state index contributed by atoms with van der Waals surface area (Å²) in [4.78, 5) is 4.24. The van der Waals surface area contributed by atoms with Gasteiger partial charge < -0.3 is 0 Å². The van der Waals surface area contributed by atoms with Crippen molar-refractivity contribution in [3.05, 3.63) is 60.0 Å². The Morgan fingerprint density at radius 2 is 2.07 bits per heavy atom. The van der Waals surface area contributed by atoms with Crippen molar-refractivity contribution >= 4 is 5.57 Å². The third-order valence-corrected chi connectivity index (χ3v) is 2.28. The van der Waals surface area contributed by atoms with E-state index in [2.05, 4.69) is 30.6 Å². The molecule has 0 bridgehead atoms. The summed E-state index contributed by atoms with van der Waals surface area (Å²) >= 11 is 0. The molecular weight excluding hydrogens is 182 g/mol. The van der Waals surface area contributed by atoms with Crippen LogP contribution in [-0.2, 0) is 0 Å². The lowest BCUT2D eigenvalue weighted by molar-refractivity contribution is 1.19. The molecule has 0 fully saturated rings. The zero-order valence-electron chi connectivity index (χ0n) is 9.62. The smallest absolute Gasteiger partial charge is 0.0373 e. The van der Waals surface area contributed by atoms with Gasteiger partial charge in [-0.2, -0.15) is 0 Å². The summed E-state index contributed by atoms with van der Waals surface area (Å²) in [7, 11) is 0. The lowest BCUT2D eigenvalue weighted by Crippen LogP contribution is -1.84. The Kier molecular flexibility index (Phi) is 4.04. The van der Waals surface area contributed by atoms with Crippen molar-refractivity contribution < 1.29 is 0 Å². The molecule has 1 aromatic heterocycles. The second-order valence-electron chi connectivity index (χ2n) is 3.58. The molecule has 0 aliphatic carbocycles. The van der Waals surface area contributed by atoms with Gasteiger partial charge in [0.05, 0.1) is 0 Å². The predicted octanol–water partition coefficient (Wildman–Crippen LogP) is 3.93. The van der Waals surface area contributed by atoms with Crippen LogP contribution in [-0.4, -0.2) is 4.98 Å². The van der Waals surface area contributed by atoms with Crippen molar-refractivity contribution in [2.24, 2.45) is 0 Å². The van der Waals surface area contributed by atoms with Gasteiger partial charge in [-0.15, -0.1) is 0 Å². The highest BCUT2D eigenvalue weighted by Gasteiger charge is 1.94. The van der Waals surface area contributed by atoms with Crippen LogP contribution in [0.5, 0.6) is 0 Å². The summed E-state index contributed by atoms with van der Waals surface area (Å²) in [5.41, 5.74) is 4.32. The lowest BCUT2D eigenvalue weighted by atomic mass is 10.1.